The third-order valence-electron chi connectivity index (χ3n) is 3.68. The fraction of sp³-hybridized carbons (Fsp3) is 0.278. The molecule has 2 aromatic carbocycles. The van der Waals surface area contributed by atoms with Gasteiger partial charge in [0.25, 0.3) is 0 Å². The number of hydrogen-bond donors (Lipinski definition) is 1. The van der Waals surface area contributed by atoms with E-state index >= 15 is 0 Å². The number of hydrogen-bond acceptors (Lipinski definition) is 2. The van der Waals surface area contributed by atoms with Crippen LogP contribution in [-0.2, 0) is 6.54 Å². The van der Waals surface area contributed by atoms with Crippen molar-refractivity contribution in [2.24, 2.45) is 0 Å². The summed E-state index contributed by atoms with van der Waals surface area (Å²) in [4.78, 5) is 2.02. The third kappa shape index (κ3) is 4.21. The highest BCUT2D eigenvalue weighted by atomic mass is 32.1. The molecule has 4 heteroatoms. The Labute approximate surface area is 137 Å². The Morgan fingerprint density at radius 2 is 1.77 bits per heavy atom. The average Bonchev–Trinajstić information content (AvgIpc) is 2.51. The van der Waals surface area contributed by atoms with Crippen LogP contribution < -0.4 is 10.1 Å². The van der Waals surface area contributed by atoms with E-state index in [4.69, 9.17) is 17.0 Å². The minimum absolute atomic E-state index is 0.707. The van der Waals surface area contributed by atoms with Crippen molar-refractivity contribution in [2.45, 2.75) is 20.4 Å². The van der Waals surface area contributed by atoms with Gasteiger partial charge < -0.3 is 15.0 Å². The molecule has 3 nitrogen and oxygen atoms in total. The van der Waals surface area contributed by atoms with E-state index in [0.717, 1.165) is 18.0 Å². The maximum atomic E-state index is 5.47. The first kappa shape index (κ1) is 16.3. The zero-order chi connectivity index (χ0) is 16.1. The van der Waals surface area contributed by atoms with Crippen molar-refractivity contribution in [1.82, 2.24) is 4.90 Å². The van der Waals surface area contributed by atoms with Crippen molar-refractivity contribution in [3.63, 3.8) is 0 Å². The molecule has 0 atom stereocenters. The number of benzene rings is 2. The summed E-state index contributed by atoms with van der Waals surface area (Å²) in [6.45, 7) is 4.96. The number of aryl methyl sites for hydroxylation is 2. The zero-order valence-electron chi connectivity index (χ0n) is 13.5. The Morgan fingerprint density at radius 1 is 1.09 bits per heavy atom. The molecule has 0 spiro atoms. The van der Waals surface area contributed by atoms with Crippen molar-refractivity contribution in [3.05, 3.63) is 59.2 Å². The summed E-state index contributed by atoms with van der Waals surface area (Å²) >= 11 is 5.47. The second-order valence-corrected chi connectivity index (χ2v) is 5.82. The Bertz CT molecular complexity index is 653. The van der Waals surface area contributed by atoms with E-state index in [1.165, 1.54) is 16.7 Å². The molecule has 2 rings (SSSR count). The zero-order valence-corrected chi connectivity index (χ0v) is 14.3. The smallest absolute Gasteiger partial charge is 0.173 e. The SMILES string of the molecule is COc1ccc(CN(C)C(=S)Nc2ccc(C)c(C)c2)cc1. The quantitative estimate of drug-likeness (QED) is 0.857. The first-order chi connectivity index (χ1) is 10.5. The van der Waals surface area contributed by atoms with Crippen LogP contribution >= 0.6 is 12.2 Å². The van der Waals surface area contributed by atoms with Crippen molar-refractivity contribution in [1.29, 1.82) is 0 Å². The number of anilines is 1. The van der Waals surface area contributed by atoms with Crippen LogP contribution in [0.1, 0.15) is 16.7 Å². The second kappa shape index (κ2) is 7.27. The fourth-order valence-electron chi connectivity index (χ4n) is 2.11. The summed E-state index contributed by atoms with van der Waals surface area (Å²) in [7, 11) is 3.66. The largest absolute Gasteiger partial charge is 0.497 e. The van der Waals surface area contributed by atoms with Crippen LogP contribution in [0.3, 0.4) is 0 Å². The monoisotopic (exact) mass is 314 g/mol. The van der Waals surface area contributed by atoms with E-state index in [2.05, 4.69) is 37.4 Å². The van der Waals surface area contributed by atoms with E-state index in [0.29, 0.717) is 5.11 Å². The minimum atomic E-state index is 0.707. The molecule has 0 aliphatic rings. The van der Waals surface area contributed by atoms with Crippen LogP contribution in [0.2, 0.25) is 0 Å². The van der Waals surface area contributed by atoms with Gasteiger partial charge in [-0.3, -0.25) is 0 Å². The number of ether oxygens (including phenoxy) is 1. The van der Waals surface area contributed by atoms with Crippen LogP contribution in [0, 0.1) is 13.8 Å². The van der Waals surface area contributed by atoms with Gasteiger partial charge in [0.15, 0.2) is 5.11 Å². The van der Waals surface area contributed by atoms with Gasteiger partial charge >= 0.3 is 0 Å². The van der Waals surface area contributed by atoms with E-state index < -0.39 is 0 Å². The van der Waals surface area contributed by atoms with E-state index in [1.54, 1.807) is 7.11 Å². The first-order valence-electron chi connectivity index (χ1n) is 7.22. The molecule has 2 aromatic rings. The van der Waals surface area contributed by atoms with Gasteiger partial charge in [0.05, 0.1) is 7.11 Å². The van der Waals surface area contributed by atoms with Gasteiger partial charge in [-0.05, 0) is 67.0 Å². The highest BCUT2D eigenvalue weighted by molar-refractivity contribution is 7.80. The summed E-state index contributed by atoms with van der Waals surface area (Å²) in [5.41, 5.74) is 4.75. The summed E-state index contributed by atoms with van der Waals surface area (Å²) in [6, 6.07) is 14.3. The maximum Gasteiger partial charge on any atom is 0.173 e. The molecule has 0 fully saturated rings. The van der Waals surface area contributed by atoms with Crippen LogP contribution in [0.25, 0.3) is 0 Å². The van der Waals surface area contributed by atoms with Gasteiger partial charge in [-0.15, -0.1) is 0 Å². The number of thiocarbonyl (C=S) groups is 1. The molecule has 116 valence electrons. The van der Waals surface area contributed by atoms with Gasteiger partial charge in [-0.25, -0.2) is 0 Å². The number of methoxy groups -OCH3 is 1. The molecule has 0 aliphatic carbocycles. The van der Waals surface area contributed by atoms with E-state index in [-0.39, 0.29) is 0 Å². The minimum Gasteiger partial charge on any atom is -0.497 e. The molecule has 0 unspecified atom stereocenters. The highest BCUT2D eigenvalue weighted by Crippen LogP contribution is 2.16. The lowest BCUT2D eigenvalue weighted by Crippen LogP contribution is -2.30. The Balaban J connectivity index is 1.97. The number of nitrogens with zero attached hydrogens (tertiary/aromatic N) is 1. The highest BCUT2D eigenvalue weighted by Gasteiger charge is 2.06. The van der Waals surface area contributed by atoms with Crippen molar-refractivity contribution < 1.29 is 4.74 Å². The van der Waals surface area contributed by atoms with E-state index in [9.17, 15) is 0 Å². The summed E-state index contributed by atoms with van der Waals surface area (Å²) in [5.74, 6) is 0.863. The molecular formula is C18H22N2OS. The van der Waals surface area contributed by atoms with Gasteiger partial charge in [0.1, 0.15) is 5.75 Å². The lowest BCUT2D eigenvalue weighted by atomic mass is 10.1. The Hall–Kier alpha value is -2.07. The first-order valence-corrected chi connectivity index (χ1v) is 7.62. The normalized spacial score (nSPS) is 10.2. The van der Waals surface area contributed by atoms with Gasteiger partial charge in [0, 0.05) is 19.3 Å². The molecule has 0 amide bonds. The molecule has 0 heterocycles. The van der Waals surface area contributed by atoms with E-state index in [1.807, 2.05) is 36.2 Å². The van der Waals surface area contributed by atoms with Crippen LogP contribution in [0.4, 0.5) is 5.69 Å². The van der Waals surface area contributed by atoms with Crippen LogP contribution in [-0.4, -0.2) is 24.2 Å². The number of nitrogens with one attached hydrogen (secondary N) is 1. The third-order valence-corrected chi connectivity index (χ3v) is 4.10. The predicted octanol–water partition coefficient (Wildman–Crippen LogP) is 4.14. The van der Waals surface area contributed by atoms with Gasteiger partial charge in [0.2, 0.25) is 0 Å². The summed E-state index contributed by atoms with van der Waals surface area (Å²) < 4.78 is 5.17. The fourth-order valence-corrected chi connectivity index (χ4v) is 2.30. The average molecular weight is 314 g/mol. The topological polar surface area (TPSA) is 24.5 Å². The lowest BCUT2D eigenvalue weighted by molar-refractivity contribution is 0.414. The molecule has 1 N–H and O–H groups in total. The molecule has 0 radical (unpaired) electrons. The van der Waals surface area contributed by atoms with Crippen LogP contribution in [0.15, 0.2) is 42.5 Å². The Kier molecular flexibility index (Phi) is 5.39. The molecule has 0 bridgehead atoms. The maximum absolute atomic E-state index is 5.47. The molecule has 0 saturated carbocycles. The van der Waals surface area contributed by atoms with Gasteiger partial charge in [-0.1, -0.05) is 18.2 Å². The lowest BCUT2D eigenvalue weighted by Gasteiger charge is -2.21. The molecule has 0 aliphatic heterocycles. The second-order valence-electron chi connectivity index (χ2n) is 5.43. The Morgan fingerprint density at radius 3 is 2.36 bits per heavy atom. The summed E-state index contributed by atoms with van der Waals surface area (Å²) in [6.07, 6.45) is 0. The van der Waals surface area contributed by atoms with Gasteiger partial charge in [-0.2, -0.15) is 0 Å². The van der Waals surface area contributed by atoms with Crippen LogP contribution in [0.5, 0.6) is 5.75 Å². The van der Waals surface area contributed by atoms with Crippen molar-refractivity contribution in [3.8, 4) is 5.75 Å². The molecule has 22 heavy (non-hydrogen) atoms. The molecular weight excluding hydrogens is 292 g/mol. The number of rotatable bonds is 4. The van der Waals surface area contributed by atoms with Crippen molar-refractivity contribution in [2.75, 3.05) is 19.5 Å². The summed E-state index contributed by atoms with van der Waals surface area (Å²) in [5, 5.41) is 3.99. The standard InChI is InChI=1S/C18H22N2OS/c1-13-5-8-16(11-14(13)2)19-18(22)20(3)12-15-6-9-17(21-4)10-7-15/h5-11H,12H2,1-4H3,(H,19,22). The molecule has 0 saturated heterocycles. The predicted molar refractivity (Wildman–Crippen MR) is 96.6 cm³/mol. The molecule has 0 aromatic heterocycles. The van der Waals surface area contributed by atoms with Crippen molar-refractivity contribution >= 4 is 23.0 Å².